The second-order valence-corrected chi connectivity index (χ2v) is 8.35. The van der Waals surface area contributed by atoms with Crippen molar-refractivity contribution in [2.24, 2.45) is 5.92 Å². The van der Waals surface area contributed by atoms with Crippen LogP contribution < -0.4 is 15.5 Å². The number of anilines is 1. The van der Waals surface area contributed by atoms with Gasteiger partial charge in [0.1, 0.15) is 5.82 Å². The van der Waals surface area contributed by atoms with Crippen LogP contribution in [0.5, 0.6) is 0 Å². The molecule has 3 rings (SSSR count). The van der Waals surface area contributed by atoms with Gasteiger partial charge in [0, 0.05) is 30.7 Å². The van der Waals surface area contributed by atoms with E-state index in [-0.39, 0.29) is 18.4 Å². The van der Waals surface area contributed by atoms with Crippen LogP contribution in [0.25, 0.3) is 0 Å². The number of nitrogens with one attached hydrogen (secondary N) is 2. The summed E-state index contributed by atoms with van der Waals surface area (Å²) in [5.41, 5.74) is 0.942. The van der Waals surface area contributed by atoms with Gasteiger partial charge in [-0.25, -0.2) is 4.98 Å². The predicted octanol–water partition coefficient (Wildman–Crippen LogP) is 2.73. The molecule has 0 atom stereocenters. The fourth-order valence-electron chi connectivity index (χ4n) is 3.01. The lowest BCUT2D eigenvalue weighted by Gasteiger charge is -2.31. The van der Waals surface area contributed by atoms with Gasteiger partial charge in [-0.2, -0.15) is 0 Å². The van der Waals surface area contributed by atoms with Gasteiger partial charge in [0.2, 0.25) is 5.91 Å². The van der Waals surface area contributed by atoms with E-state index >= 15 is 0 Å². The summed E-state index contributed by atoms with van der Waals surface area (Å²) >= 11 is 1.41. The van der Waals surface area contributed by atoms with E-state index in [1.54, 1.807) is 12.3 Å². The molecule has 0 radical (unpaired) electrons. The number of hydrogen-bond donors (Lipinski definition) is 2. The molecule has 27 heavy (non-hydrogen) atoms. The first-order valence-corrected chi connectivity index (χ1v) is 10.1. The normalized spacial score (nSPS) is 14.8. The number of thiophene rings is 1. The lowest BCUT2D eigenvalue weighted by atomic mass is 9.99. The first kappa shape index (κ1) is 19.4. The average Bonchev–Trinajstić information content (AvgIpc) is 3.12. The quantitative estimate of drug-likeness (QED) is 0.801. The van der Waals surface area contributed by atoms with Gasteiger partial charge in [-0.3, -0.25) is 9.59 Å². The largest absolute Gasteiger partial charge is 0.357 e. The van der Waals surface area contributed by atoms with E-state index in [0.29, 0.717) is 11.4 Å². The molecule has 0 spiro atoms. The second-order valence-electron chi connectivity index (χ2n) is 7.06. The molecule has 7 heteroatoms. The molecule has 0 aromatic carbocycles. The molecule has 1 aliphatic heterocycles. The highest BCUT2D eigenvalue weighted by molar-refractivity contribution is 7.13. The summed E-state index contributed by atoms with van der Waals surface area (Å²) in [6.07, 6.45) is 4.22. The van der Waals surface area contributed by atoms with Gasteiger partial charge in [-0.1, -0.05) is 13.0 Å². The molecule has 0 bridgehead atoms. The Bertz CT molecular complexity index is 780. The number of aromatic nitrogens is 1. The molecule has 1 saturated heterocycles. The van der Waals surface area contributed by atoms with E-state index in [0.717, 1.165) is 35.3 Å². The highest BCUT2D eigenvalue weighted by atomic mass is 32.1. The van der Waals surface area contributed by atoms with Crippen LogP contribution in [0.15, 0.2) is 30.5 Å². The lowest BCUT2D eigenvalue weighted by molar-refractivity contribution is -0.120. The van der Waals surface area contributed by atoms with Crippen molar-refractivity contribution >= 4 is 29.0 Å². The van der Waals surface area contributed by atoms with E-state index in [4.69, 9.17) is 0 Å². The Kier molecular flexibility index (Phi) is 6.45. The Morgan fingerprint density at radius 2 is 1.96 bits per heavy atom. The van der Waals surface area contributed by atoms with Crippen molar-refractivity contribution in [2.45, 2.75) is 33.2 Å². The number of amides is 2. The summed E-state index contributed by atoms with van der Waals surface area (Å²) in [6, 6.07) is 7.66. The SMILES string of the molecule is Cc1ccc(C(=O)NCC(=O)NCc2ccc(N3CCC(C)CC3)nc2)s1. The van der Waals surface area contributed by atoms with E-state index in [1.165, 1.54) is 24.2 Å². The molecule has 2 N–H and O–H groups in total. The molecule has 6 nitrogen and oxygen atoms in total. The molecule has 2 aromatic heterocycles. The maximum absolute atomic E-state index is 12.0. The third-order valence-corrected chi connectivity index (χ3v) is 5.78. The van der Waals surface area contributed by atoms with E-state index in [1.807, 2.05) is 25.1 Å². The van der Waals surface area contributed by atoms with Gasteiger partial charge in [-0.15, -0.1) is 11.3 Å². The fraction of sp³-hybridized carbons (Fsp3) is 0.450. The zero-order valence-electron chi connectivity index (χ0n) is 15.8. The smallest absolute Gasteiger partial charge is 0.261 e. The topological polar surface area (TPSA) is 74.3 Å². The molecular weight excluding hydrogens is 360 g/mol. The zero-order chi connectivity index (χ0) is 19.2. The lowest BCUT2D eigenvalue weighted by Crippen LogP contribution is -2.36. The number of carbonyl (C=O) groups excluding carboxylic acids is 2. The Morgan fingerprint density at radius 3 is 2.59 bits per heavy atom. The van der Waals surface area contributed by atoms with Crippen LogP contribution in [0.1, 0.15) is 39.9 Å². The maximum atomic E-state index is 12.0. The minimum absolute atomic E-state index is 0.0345. The van der Waals surface area contributed by atoms with Gasteiger partial charge in [0.25, 0.3) is 5.91 Å². The van der Waals surface area contributed by atoms with Gasteiger partial charge in [0.05, 0.1) is 11.4 Å². The van der Waals surface area contributed by atoms with Crippen molar-refractivity contribution in [3.05, 3.63) is 45.8 Å². The molecule has 3 heterocycles. The van der Waals surface area contributed by atoms with Gasteiger partial charge >= 0.3 is 0 Å². The molecule has 2 aromatic rings. The summed E-state index contributed by atoms with van der Waals surface area (Å²) in [7, 11) is 0. The van der Waals surface area contributed by atoms with Crippen LogP contribution in [0.2, 0.25) is 0 Å². The van der Waals surface area contributed by atoms with E-state index in [9.17, 15) is 9.59 Å². The minimum atomic E-state index is -0.217. The van der Waals surface area contributed by atoms with Crippen LogP contribution in [0.3, 0.4) is 0 Å². The molecule has 0 aliphatic carbocycles. The summed E-state index contributed by atoms with van der Waals surface area (Å²) in [5.74, 6) is 1.35. The van der Waals surface area contributed by atoms with Crippen molar-refractivity contribution in [3.8, 4) is 0 Å². The first-order chi connectivity index (χ1) is 13.0. The van der Waals surface area contributed by atoms with Crippen molar-refractivity contribution in [1.82, 2.24) is 15.6 Å². The Hall–Kier alpha value is -2.41. The minimum Gasteiger partial charge on any atom is -0.357 e. The van der Waals surface area contributed by atoms with E-state index < -0.39 is 0 Å². The highest BCUT2D eigenvalue weighted by Gasteiger charge is 2.16. The molecular formula is C20H26N4O2S. The molecule has 0 saturated carbocycles. The predicted molar refractivity (Wildman–Crippen MR) is 108 cm³/mol. The molecule has 1 fully saturated rings. The van der Waals surface area contributed by atoms with Crippen LogP contribution in [0.4, 0.5) is 5.82 Å². The average molecular weight is 387 g/mol. The third kappa shape index (κ3) is 5.53. The van der Waals surface area contributed by atoms with Crippen LogP contribution in [-0.4, -0.2) is 36.4 Å². The number of pyridine rings is 1. The molecule has 144 valence electrons. The highest BCUT2D eigenvalue weighted by Crippen LogP contribution is 2.21. The van der Waals surface area contributed by atoms with Crippen LogP contribution in [0, 0.1) is 12.8 Å². The molecule has 2 amide bonds. The maximum Gasteiger partial charge on any atom is 0.261 e. The number of nitrogens with zero attached hydrogens (tertiary/aromatic N) is 2. The summed E-state index contributed by atoms with van der Waals surface area (Å²) in [4.78, 5) is 32.4. The Morgan fingerprint density at radius 1 is 1.19 bits per heavy atom. The van der Waals surface area contributed by atoms with Crippen molar-refractivity contribution in [2.75, 3.05) is 24.5 Å². The first-order valence-electron chi connectivity index (χ1n) is 9.32. The van der Waals surface area contributed by atoms with Crippen molar-refractivity contribution in [3.63, 3.8) is 0 Å². The monoisotopic (exact) mass is 386 g/mol. The summed E-state index contributed by atoms with van der Waals surface area (Å²) in [5, 5.41) is 5.45. The Balaban J connectivity index is 1.41. The Labute approximate surface area is 164 Å². The second kappa shape index (κ2) is 8.99. The number of rotatable bonds is 6. The molecule has 1 aliphatic rings. The van der Waals surface area contributed by atoms with Crippen LogP contribution >= 0.6 is 11.3 Å². The number of piperidine rings is 1. The van der Waals surface area contributed by atoms with Gasteiger partial charge < -0.3 is 15.5 Å². The standard InChI is InChI=1S/C20H26N4O2S/c1-14-7-9-24(10-8-14)18-6-4-16(11-21-18)12-22-19(25)13-23-20(26)17-5-3-15(2)27-17/h3-6,11,14H,7-10,12-13H2,1-2H3,(H,22,25)(H,23,26). The third-order valence-electron chi connectivity index (χ3n) is 4.78. The zero-order valence-corrected chi connectivity index (χ0v) is 16.6. The van der Waals surface area contributed by atoms with Crippen molar-refractivity contribution in [1.29, 1.82) is 0 Å². The van der Waals surface area contributed by atoms with Crippen LogP contribution in [-0.2, 0) is 11.3 Å². The number of carbonyl (C=O) groups is 2. The fourth-order valence-corrected chi connectivity index (χ4v) is 3.80. The van der Waals surface area contributed by atoms with Gasteiger partial charge in [-0.05, 0) is 49.4 Å². The summed E-state index contributed by atoms with van der Waals surface area (Å²) < 4.78 is 0. The number of aryl methyl sites for hydroxylation is 1. The number of hydrogen-bond acceptors (Lipinski definition) is 5. The summed E-state index contributed by atoms with van der Waals surface area (Å²) in [6.45, 7) is 6.70. The molecule has 0 unspecified atom stereocenters. The van der Waals surface area contributed by atoms with E-state index in [2.05, 4.69) is 27.4 Å². The van der Waals surface area contributed by atoms with Gasteiger partial charge in [0.15, 0.2) is 0 Å². The van der Waals surface area contributed by atoms with Crippen molar-refractivity contribution < 1.29 is 9.59 Å².